The van der Waals surface area contributed by atoms with Crippen molar-refractivity contribution in [3.63, 3.8) is 0 Å². The lowest BCUT2D eigenvalue weighted by molar-refractivity contribution is -0.113. The number of allylic oxidation sites excluding steroid dienone is 1. The van der Waals surface area contributed by atoms with Crippen molar-refractivity contribution in [2.45, 2.75) is 25.0 Å². The number of rotatable bonds is 8. The van der Waals surface area contributed by atoms with Gasteiger partial charge >= 0.3 is 0 Å². The van der Waals surface area contributed by atoms with Gasteiger partial charge in [0.15, 0.2) is 11.5 Å². The van der Waals surface area contributed by atoms with E-state index < -0.39 is 6.04 Å². The van der Waals surface area contributed by atoms with Crippen LogP contribution in [-0.4, -0.2) is 47.8 Å². The van der Waals surface area contributed by atoms with E-state index in [9.17, 15) is 4.79 Å². The second-order valence-corrected chi connectivity index (χ2v) is 8.66. The number of methoxy groups -OCH3 is 3. The Labute approximate surface area is 202 Å². The van der Waals surface area contributed by atoms with Crippen LogP contribution >= 0.6 is 11.8 Å². The monoisotopic (exact) mass is 481 g/mol. The number of aromatic nitrogens is 3. The Bertz CT molecular complexity index is 1240. The second kappa shape index (κ2) is 10.1. The van der Waals surface area contributed by atoms with Gasteiger partial charge in [-0.25, -0.2) is 4.68 Å². The minimum Gasteiger partial charge on any atom is -0.495 e. The van der Waals surface area contributed by atoms with Crippen LogP contribution in [0, 0.1) is 0 Å². The molecule has 2 N–H and O–H groups in total. The van der Waals surface area contributed by atoms with Crippen molar-refractivity contribution in [1.29, 1.82) is 0 Å². The molecule has 10 heteroatoms. The number of carbonyl (C=O) groups excluding carboxylic acids is 1. The van der Waals surface area contributed by atoms with Gasteiger partial charge in [-0.3, -0.25) is 4.79 Å². The van der Waals surface area contributed by atoms with Gasteiger partial charge in [-0.15, -0.1) is 5.10 Å². The van der Waals surface area contributed by atoms with Crippen LogP contribution in [0.25, 0.3) is 0 Å². The van der Waals surface area contributed by atoms with Crippen LogP contribution < -0.4 is 24.8 Å². The summed E-state index contributed by atoms with van der Waals surface area (Å²) < 4.78 is 18.1. The second-order valence-electron chi connectivity index (χ2n) is 7.43. The highest BCUT2D eigenvalue weighted by atomic mass is 32.2. The molecule has 2 aromatic carbocycles. The van der Waals surface area contributed by atoms with Crippen LogP contribution in [0.5, 0.6) is 17.2 Å². The molecule has 2 heterocycles. The fourth-order valence-corrected chi connectivity index (χ4v) is 4.44. The van der Waals surface area contributed by atoms with Gasteiger partial charge in [0.05, 0.1) is 32.6 Å². The molecular weight excluding hydrogens is 454 g/mol. The summed E-state index contributed by atoms with van der Waals surface area (Å²) in [5, 5.41) is 11.6. The number of anilines is 2. The third-order valence-corrected chi connectivity index (χ3v) is 6.15. The minimum atomic E-state index is -0.538. The number of ether oxygens (including phenoxy) is 3. The Hall–Kier alpha value is -3.66. The van der Waals surface area contributed by atoms with Crippen LogP contribution in [0.4, 0.5) is 11.6 Å². The first-order valence-corrected chi connectivity index (χ1v) is 11.7. The zero-order valence-corrected chi connectivity index (χ0v) is 20.5. The molecular formula is C24H27N5O4S. The number of benzene rings is 2. The summed E-state index contributed by atoms with van der Waals surface area (Å²) in [6.45, 7) is 3.90. The molecule has 0 spiro atoms. The van der Waals surface area contributed by atoms with Crippen LogP contribution in [-0.2, 0) is 4.79 Å². The van der Waals surface area contributed by atoms with Crippen LogP contribution in [0.3, 0.4) is 0 Å². The maximum absolute atomic E-state index is 13.7. The number of nitrogens with one attached hydrogen (secondary N) is 2. The summed E-state index contributed by atoms with van der Waals surface area (Å²) in [7, 11) is 4.73. The van der Waals surface area contributed by atoms with E-state index >= 15 is 0 Å². The van der Waals surface area contributed by atoms with Crippen molar-refractivity contribution in [1.82, 2.24) is 14.8 Å². The molecule has 34 heavy (non-hydrogen) atoms. The van der Waals surface area contributed by atoms with Crippen molar-refractivity contribution in [2.24, 2.45) is 0 Å². The summed E-state index contributed by atoms with van der Waals surface area (Å²) in [6, 6.07) is 12.3. The van der Waals surface area contributed by atoms with Gasteiger partial charge in [-0.1, -0.05) is 36.9 Å². The van der Waals surface area contributed by atoms with E-state index in [1.165, 1.54) is 11.8 Å². The molecule has 0 bridgehead atoms. The van der Waals surface area contributed by atoms with Gasteiger partial charge in [0.1, 0.15) is 11.8 Å². The zero-order chi connectivity index (χ0) is 24.2. The largest absolute Gasteiger partial charge is 0.495 e. The van der Waals surface area contributed by atoms with E-state index in [1.54, 1.807) is 38.1 Å². The number of para-hydroxylation sites is 2. The van der Waals surface area contributed by atoms with Gasteiger partial charge in [0, 0.05) is 5.70 Å². The molecule has 4 rings (SSSR count). The van der Waals surface area contributed by atoms with E-state index in [0.29, 0.717) is 45.3 Å². The molecule has 0 fully saturated rings. The maximum atomic E-state index is 13.7. The molecule has 0 radical (unpaired) electrons. The van der Waals surface area contributed by atoms with Crippen molar-refractivity contribution in [2.75, 3.05) is 37.7 Å². The fraction of sp³-hybridized carbons (Fsp3) is 0.292. The molecule has 0 aliphatic carbocycles. The highest BCUT2D eigenvalue weighted by molar-refractivity contribution is 7.99. The highest BCUT2D eigenvalue weighted by Crippen LogP contribution is 2.40. The number of amides is 1. The third-order valence-electron chi connectivity index (χ3n) is 5.43. The number of hydrogen-bond acceptors (Lipinski definition) is 8. The predicted molar refractivity (Wildman–Crippen MR) is 132 cm³/mol. The van der Waals surface area contributed by atoms with E-state index in [4.69, 9.17) is 19.3 Å². The smallest absolute Gasteiger partial charge is 0.255 e. The molecule has 9 nitrogen and oxygen atoms in total. The third kappa shape index (κ3) is 4.41. The SMILES string of the molecule is CCSc1nc2n(n1)[C@@H](c1ccc(OC)c(OC)c1)C(C(=O)Nc1ccccc1OC)=C(C)N2. The topological polar surface area (TPSA) is 99.5 Å². The highest BCUT2D eigenvalue weighted by Gasteiger charge is 2.35. The normalized spacial score (nSPS) is 14.8. The summed E-state index contributed by atoms with van der Waals surface area (Å²) >= 11 is 1.53. The quantitative estimate of drug-likeness (QED) is 0.459. The van der Waals surface area contributed by atoms with Gasteiger partial charge in [-0.2, -0.15) is 4.98 Å². The van der Waals surface area contributed by atoms with E-state index in [1.807, 2.05) is 44.2 Å². The zero-order valence-electron chi connectivity index (χ0n) is 19.7. The molecule has 0 saturated carbocycles. The molecule has 1 aliphatic heterocycles. The predicted octanol–water partition coefficient (Wildman–Crippen LogP) is 4.34. The molecule has 0 unspecified atom stereocenters. The Morgan fingerprint density at radius 1 is 1.09 bits per heavy atom. The first-order valence-electron chi connectivity index (χ1n) is 10.7. The lowest BCUT2D eigenvalue weighted by Gasteiger charge is -2.29. The molecule has 1 amide bonds. The molecule has 3 aromatic rings. The van der Waals surface area contributed by atoms with Crippen LogP contribution in [0.1, 0.15) is 25.5 Å². The number of nitrogens with zero attached hydrogens (tertiary/aromatic N) is 3. The summed E-state index contributed by atoms with van der Waals surface area (Å²) in [4.78, 5) is 18.3. The van der Waals surface area contributed by atoms with Crippen molar-refractivity contribution < 1.29 is 19.0 Å². The molecule has 178 valence electrons. The van der Waals surface area contributed by atoms with Crippen LogP contribution in [0.2, 0.25) is 0 Å². The number of hydrogen-bond donors (Lipinski definition) is 2. The first kappa shape index (κ1) is 23.5. The standard InChI is InChI=1S/C24H27N5O4S/c1-6-34-24-27-23-25-14(2)20(22(30)26-16-9-7-8-10-17(16)31-3)21(29(23)28-24)15-11-12-18(32-4)19(13-15)33-5/h7-13,21H,6H2,1-5H3,(H,26,30)(H,25,27,28)/t21-/m0/s1. The Morgan fingerprint density at radius 3 is 2.53 bits per heavy atom. The average Bonchev–Trinajstić information content (AvgIpc) is 3.25. The summed E-state index contributed by atoms with van der Waals surface area (Å²) in [5.41, 5.74) is 2.57. The molecule has 1 aromatic heterocycles. The molecule has 1 aliphatic rings. The van der Waals surface area contributed by atoms with E-state index in [0.717, 1.165) is 11.3 Å². The lowest BCUT2D eigenvalue weighted by Crippen LogP contribution is -2.31. The number of carbonyl (C=O) groups is 1. The first-order chi connectivity index (χ1) is 16.5. The van der Waals surface area contributed by atoms with Crippen molar-refractivity contribution >= 4 is 29.3 Å². The Kier molecular flexibility index (Phi) is 6.97. The van der Waals surface area contributed by atoms with Gasteiger partial charge in [0.2, 0.25) is 11.1 Å². The Morgan fingerprint density at radius 2 is 1.82 bits per heavy atom. The fourth-order valence-electron chi connectivity index (χ4n) is 3.88. The van der Waals surface area contributed by atoms with Gasteiger partial charge in [0.25, 0.3) is 5.91 Å². The molecule has 0 saturated heterocycles. The number of thioether (sulfide) groups is 1. The van der Waals surface area contributed by atoms with Gasteiger partial charge < -0.3 is 24.8 Å². The molecule has 1 atom stereocenters. The van der Waals surface area contributed by atoms with Crippen LogP contribution in [0.15, 0.2) is 58.9 Å². The van der Waals surface area contributed by atoms with E-state index in [2.05, 4.69) is 15.6 Å². The van der Waals surface area contributed by atoms with Gasteiger partial charge in [-0.05, 0) is 42.5 Å². The van der Waals surface area contributed by atoms with E-state index in [-0.39, 0.29) is 5.91 Å². The summed E-state index contributed by atoms with van der Waals surface area (Å²) in [6.07, 6.45) is 0. The minimum absolute atomic E-state index is 0.278. The maximum Gasteiger partial charge on any atom is 0.255 e. The van der Waals surface area contributed by atoms with Crippen molar-refractivity contribution in [3.8, 4) is 17.2 Å². The average molecular weight is 482 g/mol. The number of fused-ring (bicyclic) bond motifs is 1. The summed E-state index contributed by atoms with van der Waals surface area (Å²) in [5.74, 6) is 2.86. The van der Waals surface area contributed by atoms with Crippen molar-refractivity contribution in [3.05, 3.63) is 59.3 Å². The Balaban J connectivity index is 1.82. The lowest BCUT2D eigenvalue weighted by atomic mass is 9.94.